The molecule has 0 saturated carbocycles. The van der Waals surface area contributed by atoms with Gasteiger partial charge in [-0.2, -0.15) is 0 Å². The van der Waals surface area contributed by atoms with Crippen molar-refractivity contribution >= 4 is 15.7 Å². The molecule has 0 heterocycles. The minimum Gasteiger partial charge on any atom is -0.346 e. The normalized spacial score (nSPS) is 11.4. The van der Waals surface area contributed by atoms with Crippen LogP contribution >= 0.6 is 0 Å². The summed E-state index contributed by atoms with van der Waals surface area (Å²) in [4.78, 5) is 12.8. The zero-order valence-electron chi connectivity index (χ0n) is 8.69. The maximum atomic E-state index is 11.3. The van der Waals surface area contributed by atoms with E-state index in [1.54, 1.807) is 7.05 Å². The second kappa shape index (κ2) is 5.98. The number of nitrogens with zero attached hydrogens (tertiary/aromatic N) is 1. The van der Waals surface area contributed by atoms with Crippen molar-refractivity contribution in [2.24, 2.45) is 5.73 Å². The van der Waals surface area contributed by atoms with Gasteiger partial charge in [0.05, 0.1) is 5.75 Å². The van der Waals surface area contributed by atoms with Crippen molar-refractivity contribution in [1.82, 2.24) is 4.90 Å². The highest BCUT2D eigenvalue weighted by atomic mass is 32.2. The molecule has 1 amide bonds. The fourth-order valence-electron chi connectivity index (χ4n) is 0.917. The Morgan fingerprint density at radius 1 is 1.43 bits per heavy atom. The van der Waals surface area contributed by atoms with Crippen LogP contribution in [0.2, 0.25) is 0 Å². The summed E-state index contributed by atoms with van der Waals surface area (Å²) in [6, 6.07) is 0. The van der Waals surface area contributed by atoms with E-state index in [0.717, 1.165) is 12.7 Å². The molecular weight excluding hydrogens is 204 g/mol. The van der Waals surface area contributed by atoms with Gasteiger partial charge in [0.15, 0.2) is 0 Å². The number of carbonyl (C=O) groups excluding carboxylic acids is 1. The maximum Gasteiger partial charge on any atom is 0.223 e. The van der Waals surface area contributed by atoms with E-state index in [2.05, 4.69) is 0 Å². The highest BCUT2D eigenvalue weighted by molar-refractivity contribution is 7.90. The fourth-order valence-corrected chi connectivity index (χ4v) is 1.46. The van der Waals surface area contributed by atoms with Gasteiger partial charge in [-0.15, -0.1) is 0 Å². The SMILES string of the molecule is CN(CCCN)C(=O)CCS(C)(=O)=O. The van der Waals surface area contributed by atoms with Gasteiger partial charge in [-0.1, -0.05) is 0 Å². The quantitative estimate of drug-likeness (QED) is 0.640. The summed E-state index contributed by atoms with van der Waals surface area (Å²) >= 11 is 0. The Bertz CT molecular complexity index is 274. The van der Waals surface area contributed by atoms with Crippen LogP contribution in [0.5, 0.6) is 0 Å². The Balaban J connectivity index is 3.84. The van der Waals surface area contributed by atoms with Crippen molar-refractivity contribution in [2.45, 2.75) is 12.8 Å². The minimum absolute atomic E-state index is 0.0555. The van der Waals surface area contributed by atoms with Crippen molar-refractivity contribution in [2.75, 3.05) is 32.1 Å². The molecule has 0 spiro atoms. The number of nitrogens with two attached hydrogens (primary N) is 1. The first-order valence-electron chi connectivity index (χ1n) is 4.48. The second-order valence-electron chi connectivity index (χ2n) is 3.34. The van der Waals surface area contributed by atoms with Crippen LogP contribution in [0.4, 0.5) is 0 Å². The topological polar surface area (TPSA) is 80.5 Å². The molecule has 0 radical (unpaired) electrons. The summed E-state index contributed by atoms with van der Waals surface area (Å²) in [6.07, 6.45) is 1.92. The summed E-state index contributed by atoms with van der Waals surface area (Å²) in [5.74, 6) is -0.234. The number of hydrogen-bond acceptors (Lipinski definition) is 4. The Labute approximate surface area is 85.2 Å². The summed E-state index contributed by atoms with van der Waals surface area (Å²) in [5.41, 5.74) is 5.29. The lowest BCUT2D eigenvalue weighted by Crippen LogP contribution is -2.30. The third-order valence-corrected chi connectivity index (χ3v) is 2.76. The fraction of sp³-hybridized carbons (Fsp3) is 0.875. The third kappa shape index (κ3) is 6.85. The molecule has 0 fully saturated rings. The predicted octanol–water partition coefficient (Wildman–Crippen LogP) is -0.772. The first kappa shape index (κ1) is 13.4. The molecule has 0 rings (SSSR count). The van der Waals surface area contributed by atoms with Crippen LogP contribution in [-0.4, -0.2) is 51.4 Å². The molecule has 5 nitrogen and oxygen atoms in total. The van der Waals surface area contributed by atoms with Crippen LogP contribution < -0.4 is 5.73 Å². The van der Waals surface area contributed by atoms with E-state index in [1.165, 1.54) is 4.90 Å². The van der Waals surface area contributed by atoms with E-state index < -0.39 is 9.84 Å². The molecule has 0 aromatic heterocycles. The van der Waals surface area contributed by atoms with Gasteiger partial charge in [-0.3, -0.25) is 4.79 Å². The standard InChI is InChI=1S/C8H18N2O3S/c1-10(6-3-5-9)8(11)4-7-14(2,12)13/h3-7,9H2,1-2H3. The second-order valence-corrected chi connectivity index (χ2v) is 5.60. The van der Waals surface area contributed by atoms with Crippen molar-refractivity contribution in [3.8, 4) is 0 Å². The van der Waals surface area contributed by atoms with E-state index in [4.69, 9.17) is 5.73 Å². The van der Waals surface area contributed by atoms with Crippen LogP contribution in [0.3, 0.4) is 0 Å². The number of rotatable bonds is 6. The number of carbonyl (C=O) groups is 1. The van der Waals surface area contributed by atoms with Gasteiger partial charge in [0.2, 0.25) is 5.91 Å². The Morgan fingerprint density at radius 3 is 2.43 bits per heavy atom. The highest BCUT2D eigenvalue weighted by Crippen LogP contribution is 1.95. The van der Waals surface area contributed by atoms with Gasteiger partial charge in [-0.05, 0) is 13.0 Å². The molecular formula is C8H18N2O3S. The summed E-state index contributed by atoms with van der Waals surface area (Å²) in [6.45, 7) is 1.11. The number of amides is 1. The highest BCUT2D eigenvalue weighted by Gasteiger charge is 2.11. The van der Waals surface area contributed by atoms with Gasteiger partial charge < -0.3 is 10.6 Å². The first-order valence-corrected chi connectivity index (χ1v) is 6.54. The zero-order valence-corrected chi connectivity index (χ0v) is 9.51. The van der Waals surface area contributed by atoms with E-state index >= 15 is 0 Å². The minimum atomic E-state index is -3.05. The van der Waals surface area contributed by atoms with Gasteiger partial charge in [0.25, 0.3) is 0 Å². The van der Waals surface area contributed by atoms with Gasteiger partial charge >= 0.3 is 0 Å². The maximum absolute atomic E-state index is 11.3. The van der Waals surface area contributed by atoms with Crippen LogP contribution in [0.1, 0.15) is 12.8 Å². The van der Waals surface area contributed by atoms with Crippen LogP contribution in [-0.2, 0) is 14.6 Å². The summed E-state index contributed by atoms with van der Waals surface area (Å²) < 4.78 is 21.6. The van der Waals surface area contributed by atoms with Crippen LogP contribution in [0.25, 0.3) is 0 Å². The molecule has 0 bridgehead atoms. The van der Waals surface area contributed by atoms with Gasteiger partial charge in [-0.25, -0.2) is 8.42 Å². The van der Waals surface area contributed by atoms with Crippen molar-refractivity contribution < 1.29 is 13.2 Å². The monoisotopic (exact) mass is 222 g/mol. The van der Waals surface area contributed by atoms with Crippen LogP contribution in [0.15, 0.2) is 0 Å². The summed E-state index contributed by atoms with van der Waals surface area (Å²) in [7, 11) is -1.39. The van der Waals surface area contributed by atoms with E-state index in [0.29, 0.717) is 13.1 Å². The molecule has 0 atom stereocenters. The number of hydrogen-bond donors (Lipinski definition) is 1. The molecule has 84 valence electrons. The summed E-state index contributed by atoms with van der Waals surface area (Å²) in [5, 5.41) is 0. The lowest BCUT2D eigenvalue weighted by atomic mass is 10.3. The average Bonchev–Trinajstić information content (AvgIpc) is 2.09. The Morgan fingerprint density at radius 2 is 2.00 bits per heavy atom. The molecule has 6 heteroatoms. The largest absolute Gasteiger partial charge is 0.346 e. The Kier molecular flexibility index (Phi) is 5.71. The molecule has 14 heavy (non-hydrogen) atoms. The molecule has 0 aromatic rings. The van der Waals surface area contributed by atoms with E-state index in [1.807, 2.05) is 0 Å². The smallest absolute Gasteiger partial charge is 0.223 e. The van der Waals surface area contributed by atoms with Crippen molar-refractivity contribution in [3.05, 3.63) is 0 Å². The van der Waals surface area contributed by atoms with Gasteiger partial charge in [0, 0.05) is 26.3 Å². The molecule has 0 aromatic carbocycles. The van der Waals surface area contributed by atoms with Crippen molar-refractivity contribution in [3.63, 3.8) is 0 Å². The number of sulfone groups is 1. The predicted molar refractivity (Wildman–Crippen MR) is 55.6 cm³/mol. The Hall–Kier alpha value is -0.620. The van der Waals surface area contributed by atoms with Crippen molar-refractivity contribution in [1.29, 1.82) is 0 Å². The molecule has 0 aliphatic heterocycles. The lowest BCUT2D eigenvalue weighted by molar-refractivity contribution is -0.129. The van der Waals surface area contributed by atoms with Crippen LogP contribution in [0, 0.1) is 0 Å². The third-order valence-electron chi connectivity index (χ3n) is 1.81. The molecule has 0 aliphatic rings. The zero-order chi connectivity index (χ0) is 11.2. The molecule has 0 saturated heterocycles. The molecule has 0 aliphatic carbocycles. The van der Waals surface area contributed by atoms with E-state index in [9.17, 15) is 13.2 Å². The lowest BCUT2D eigenvalue weighted by Gasteiger charge is -2.16. The first-order chi connectivity index (χ1) is 6.37. The van der Waals surface area contributed by atoms with Gasteiger partial charge in [0.1, 0.15) is 9.84 Å². The average molecular weight is 222 g/mol. The van der Waals surface area contributed by atoms with E-state index in [-0.39, 0.29) is 18.1 Å². The molecule has 2 N–H and O–H groups in total. The molecule has 0 unspecified atom stereocenters.